The summed E-state index contributed by atoms with van der Waals surface area (Å²) < 4.78 is 0. The lowest BCUT2D eigenvalue weighted by atomic mass is 9.86. The molecule has 0 bridgehead atoms. The fourth-order valence-corrected chi connectivity index (χ4v) is 3.13. The molecule has 0 aliphatic rings. The average molecular weight is 338 g/mol. The van der Waals surface area contributed by atoms with Crippen molar-refractivity contribution in [3.05, 3.63) is 70.3 Å². The lowest BCUT2D eigenvalue weighted by Crippen LogP contribution is -2.27. The van der Waals surface area contributed by atoms with E-state index in [2.05, 4.69) is 82.4 Å². The summed E-state index contributed by atoms with van der Waals surface area (Å²) >= 11 is 0. The van der Waals surface area contributed by atoms with E-state index in [1.54, 1.807) is 0 Å². The highest BCUT2D eigenvalue weighted by atomic mass is 16.1. The molecule has 2 aromatic carbocycles. The van der Waals surface area contributed by atoms with Gasteiger partial charge in [0.1, 0.15) is 0 Å². The van der Waals surface area contributed by atoms with Crippen molar-refractivity contribution in [3.8, 4) is 0 Å². The van der Waals surface area contributed by atoms with Crippen LogP contribution in [0.2, 0.25) is 0 Å². The summed E-state index contributed by atoms with van der Waals surface area (Å²) in [6.45, 7) is 12.9. The van der Waals surface area contributed by atoms with Crippen LogP contribution in [0.4, 0.5) is 0 Å². The summed E-state index contributed by atoms with van der Waals surface area (Å²) in [4.78, 5) is 12.3. The molecule has 0 heterocycles. The number of nitrogens with one attached hydrogen (secondary N) is 1. The van der Waals surface area contributed by atoms with Crippen LogP contribution >= 0.6 is 0 Å². The monoisotopic (exact) mass is 337 g/mol. The SMILES string of the molecule is Cc1ccc([C@H](C)NC(=O)CCc2ccc(C(C)(C)C)cc2)c(C)c1. The minimum Gasteiger partial charge on any atom is -0.350 e. The topological polar surface area (TPSA) is 29.1 Å². The molecule has 0 saturated carbocycles. The smallest absolute Gasteiger partial charge is 0.220 e. The number of benzene rings is 2. The maximum atomic E-state index is 12.3. The molecule has 134 valence electrons. The van der Waals surface area contributed by atoms with Crippen molar-refractivity contribution in [3.63, 3.8) is 0 Å². The first-order valence-electron chi connectivity index (χ1n) is 9.13. The highest BCUT2D eigenvalue weighted by Crippen LogP contribution is 2.22. The molecule has 1 N–H and O–H groups in total. The van der Waals surface area contributed by atoms with E-state index in [0.717, 1.165) is 6.42 Å². The number of hydrogen-bond acceptors (Lipinski definition) is 1. The van der Waals surface area contributed by atoms with E-state index in [1.165, 1.54) is 27.8 Å². The van der Waals surface area contributed by atoms with E-state index in [4.69, 9.17) is 0 Å². The van der Waals surface area contributed by atoms with E-state index in [9.17, 15) is 4.79 Å². The number of carbonyl (C=O) groups is 1. The first kappa shape index (κ1) is 19.2. The van der Waals surface area contributed by atoms with Crippen molar-refractivity contribution in [2.24, 2.45) is 0 Å². The van der Waals surface area contributed by atoms with E-state index in [0.29, 0.717) is 6.42 Å². The largest absolute Gasteiger partial charge is 0.350 e. The van der Waals surface area contributed by atoms with E-state index >= 15 is 0 Å². The first-order valence-corrected chi connectivity index (χ1v) is 9.13. The van der Waals surface area contributed by atoms with Gasteiger partial charge in [-0.25, -0.2) is 0 Å². The molecule has 2 aromatic rings. The Morgan fingerprint density at radius 3 is 2.24 bits per heavy atom. The van der Waals surface area contributed by atoms with E-state index in [-0.39, 0.29) is 17.4 Å². The predicted octanol–water partition coefficient (Wildman–Crippen LogP) is 5.41. The van der Waals surface area contributed by atoms with Crippen LogP contribution in [0.1, 0.15) is 68.0 Å². The van der Waals surface area contributed by atoms with Crippen molar-refractivity contribution in [2.75, 3.05) is 0 Å². The van der Waals surface area contributed by atoms with Gasteiger partial charge in [-0.2, -0.15) is 0 Å². The average Bonchev–Trinajstić information content (AvgIpc) is 2.52. The third-order valence-corrected chi connectivity index (χ3v) is 4.73. The number of aryl methyl sites for hydroxylation is 3. The minimum atomic E-state index is 0.0383. The van der Waals surface area contributed by atoms with Crippen LogP contribution < -0.4 is 5.32 Å². The zero-order chi connectivity index (χ0) is 18.6. The Labute approximate surface area is 152 Å². The standard InChI is InChI=1S/C23H31NO/c1-16-7-13-21(17(2)15-16)18(3)24-22(25)14-10-19-8-11-20(12-9-19)23(4,5)6/h7-9,11-13,15,18H,10,14H2,1-6H3,(H,24,25)/t18-/m0/s1. The van der Waals surface area contributed by atoms with Crippen LogP contribution in [-0.2, 0) is 16.6 Å². The molecule has 1 amide bonds. The molecule has 0 aliphatic heterocycles. The summed E-state index contributed by atoms with van der Waals surface area (Å²) in [5, 5.41) is 3.12. The number of amides is 1. The van der Waals surface area contributed by atoms with Crippen LogP contribution in [0.5, 0.6) is 0 Å². The molecule has 2 rings (SSSR count). The van der Waals surface area contributed by atoms with Crippen molar-refractivity contribution in [2.45, 2.75) is 65.8 Å². The Morgan fingerprint density at radius 2 is 1.68 bits per heavy atom. The van der Waals surface area contributed by atoms with Crippen LogP contribution in [0.3, 0.4) is 0 Å². The van der Waals surface area contributed by atoms with Crippen molar-refractivity contribution in [1.82, 2.24) is 5.32 Å². The Morgan fingerprint density at radius 1 is 1.04 bits per heavy atom. The number of carbonyl (C=O) groups excluding carboxylic acids is 1. The van der Waals surface area contributed by atoms with Crippen molar-refractivity contribution in [1.29, 1.82) is 0 Å². The van der Waals surface area contributed by atoms with Crippen LogP contribution in [0.25, 0.3) is 0 Å². The molecule has 25 heavy (non-hydrogen) atoms. The third kappa shape index (κ3) is 5.45. The van der Waals surface area contributed by atoms with Gasteiger partial charge in [-0.3, -0.25) is 4.79 Å². The number of hydrogen-bond donors (Lipinski definition) is 1. The molecular formula is C23H31NO. The maximum absolute atomic E-state index is 12.3. The van der Waals surface area contributed by atoms with Crippen LogP contribution in [-0.4, -0.2) is 5.91 Å². The lowest BCUT2D eigenvalue weighted by Gasteiger charge is -2.19. The third-order valence-electron chi connectivity index (χ3n) is 4.73. The highest BCUT2D eigenvalue weighted by molar-refractivity contribution is 5.76. The second-order valence-corrected chi connectivity index (χ2v) is 8.10. The summed E-state index contributed by atoms with van der Waals surface area (Å²) in [7, 11) is 0. The molecule has 0 aromatic heterocycles. The Kier molecular flexibility index (Phi) is 6.05. The summed E-state index contributed by atoms with van der Waals surface area (Å²) in [6.07, 6.45) is 1.29. The zero-order valence-corrected chi connectivity index (χ0v) is 16.4. The summed E-state index contributed by atoms with van der Waals surface area (Å²) in [5.41, 5.74) is 6.36. The van der Waals surface area contributed by atoms with Gasteiger partial charge in [-0.05, 0) is 54.9 Å². The van der Waals surface area contributed by atoms with Crippen molar-refractivity contribution >= 4 is 5.91 Å². The van der Waals surface area contributed by atoms with Gasteiger partial charge in [-0.15, -0.1) is 0 Å². The van der Waals surface area contributed by atoms with Gasteiger partial charge in [0.25, 0.3) is 0 Å². The summed E-state index contributed by atoms with van der Waals surface area (Å²) in [5.74, 6) is 0.104. The van der Waals surface area contributed by atoms with Gasteiger partial charge in [0.2, 0.25) is 5.91 Å². The minimum absolute atomic E-state index is 0.0383. The van der Waals surface area contributed by atoms with Gasteiger partial charge in [0.05, 0.1) is 6.04 Å². The molecule has 0 fully saturated rings. The molecule has 0 radical (unpaired) electrons. The van der Waals surface area contributed by atoms with Gasteiger partial charge >= 0.3 is 0 Å². The molecule has 2 heteroatoms. The molecule has 2 nitrogen and oxygen atoms in total. The second-order valence-electron chi connectivity index (χ2n) is 8.10. The first-order chi connectivity index (χ1) is 11.7. The maximum Gasteiger partial charge on any atom is 0.220 e. The molecule has 0 saturated heterocycles. The molecule has 0 aliphatic carbocycles. The van der Waals surface area contributed by atoms with Crippen LogP contribution in [0, 0.1) is 13.8 Å². The molecular weight excluding hydrogens is 306 g/mol. The molecule has 0 unspecified atom stereocenters. The fraction of sp³-hybridized carbons (Fsp3) is 0.435. The number of rotatable bonds is 5. The normalized spacial score (nSPS) is 12.7. The Hall–Kier alpha value is -2.09. The summed E-state index contributed by atoms with van der Waals surface area (Å²) in [6, 6.07) is 15.0. The van der Waals surface area contributed by atoms with Crippen molar-refractivity contribution < 1.29 is 4.79 Å². The Balaban J connectivity index is 1.90. The van der Waals surface area contributed by atoms with Gasteiger partial charge < -0.3 is 5.32 Å². The molecule has 0 spiro atoms. The highest BCUT2D eigenvalue weighted by Gasteiger charge is 2.14. The molecule has 1 atom stereocenters. The quantitative estimate of drug-likeness (QED) is 0.776. The van der Waals surface area contributed by atoms with Gasteiger partial charge in [0.15, 0.2) is 0 Å². The van der Waals surface area contributed by atoms with Gasteiger partial charge in [0, 0.05) is 6.42 Å². The lowest BCUT2D eigenvalue weighted by molar-refractivity contribution is -0.121. The van der Waals surface area contributed by atoms with Crippen LogP contribution in [0.15, 0.2) is 42.5 Å². The predicted molar refractivity (Wildman–Crippen MR) is 106 cm³/mol. The van der Waals surface area contributed by atoms with E-state index < -0.39 is 0 Å². The fourth-order valence-electron chi connectivity index (χ4n) is 3.13. The zero-order valence-electron chi connectivity index (χ0n) is 16.4. The Bertz CT molecular complexity index is 723. The van der Waals surface area contributed by atoms with Gasteiger partial charge in [-0.1, -0.05) is 68.8 Å². The van der Waals surface area contributed by atoms with E-state index in [1.807, 2.05) is 6.92 Å². The second kappa shape index (κ2) is 7.86.